The van der Waals surface area contributed by atoms with Gasteiger partial charge in [-0.1, -0.05) is 47.7 Å². The molecule has 4 rings (SSSR count). The average Bonchev–Trinajstić information content (AvgIpc) is 3.15. The molecule has 1 saturated heterocycles. The Kier molecular flexibility index (Phi) is 5.87. The Labute approximate surface area is 188 Å². The number of anilines is 2. The van der Waals surface area contributed by atoms with Crippen LogP contribution in [0.5, 0.6) is 0 Å². The molecule has 6 nitrogen and oxygen atoms in total. The second-order valence-corrected chi connectivity index (χ2v) is 11.5. The lowest BCUT2D eigenvalue weighted by Crippen LogP contribution is -2.39. The maximum absolute atomic E-state index is 12.7. The Bertz CT molecular complexity index is 1150. The molecule has 2 heterocycles. The predicted molar refractivity (Wildman–Crippen MR) is 129 cm³/mol. The van der Waals surface area contributed by atoms with Crippen LogP contribution in [0, 0.1) is 27.7 Å². The first kappa shape index (κ1) is 21.9. The zero-order valence-electron chi connectivity index (χ0n) is 18.2. The van der Waals surface area contributed by atoms with E-state index in [0.717, 1.165) is 33.6 Å². The molecule has 0 spiro atoms. The lowest BCUT2D eigenvalue weighted by Gasteiger charge is -2.28. The van der Waals surface area contributed by atoms with E-state index in [2.05, 4.69) is 11.4 Å². The van der Waals surface area contributed by atoms with Crippen LogP contribution in [0.2, 0.25) is 0 Å². The van der Waals surface area contributed by atoms with Gasteiger partial charge in [0.25, 0.3) is 0 Å². The highest BCUT2D eigenvalue weighted by Gasteiger charge is 2.47. The zero-order chi connectivity index (χ0) is 22.3. The predicted octanol–water partition coefficient (Wildman–Crippen LogP) is 3.63. The summed E-state index contributed by atoms with van der Waals surface area (Å²) in [5, 5.41) is 3.73. The number of carbonyl (C=O) groups excluding carboxylic acids is 1. The molecule has 2 aliphatic heterocycles. The lowest BCUT2D eigenvalue weighted by atomic mass is 10.1. The van der Waals surface area contributed by atoms with Crippen molar-refractivity contribution in [2.24, 2.45) is 4.99 Å². The molecular weight excluding hydrogens is 430 g/mol. The van der Waals surface area contributed by atoms with Crippen molar-refractivity contribution in [2.75, 3.05) is 27.5 Å². The monoisotopic (exact) mass is 457 g/mol. The second kappa shape index (κ2) is 8.31. The van der Waals surface area contributed by atoms with E-state index in [1.165, 1.54) is 11.8 Å². The van der Waals surface area contributed by atoms with Crippen molar-refractivity contribution < 1.29 is 13.2 Å². The third-order valence-electron chi connectivity index (χ3n) is 5.80. The van der Waals surface area contributed by atoms with Crippen LogP contribution in [0.4, 0.5) is 11.4 Å². The van der Waals surface area contributed by atoms with Crippen molar-refractivity contribution in [3.63, 3.8) is 0 Å². The number of aliphatic imine (C=N–C) groups is 1. The normalized spacial score (nSPS) is 21.7. The maximum Gasteiger partial charge on any atom is 0.234 e. The van der Waals surface area contributed by atoms with Crippen molar-refractivity contribution in [1.29, 1.82) is 0 Å². The molecule has 2 aromatic rings. The van der Waals surface area contributed by atoms with Gasteiger partial charge in [-0.3, -0.25) is 9.79 Å². The minimum atomic E-state index is -3.11. The topological polar surface area (TPSA) is 78.8 Å². The fourth-order valence-electron chi connectivity index (χ4n) is 4.31. The molecule has 0 radical (unpaired) electrons. The van der Waals surface area contributed by atoms with Gasteiger partial charge in [0.05, 0.1) is 29.3 Å². The number of para-hydroxylation sites is 1. The van der Waals surface area contributed by atoms with Crippen molar-refractivity contribution in [1.82, 2.24) is 0 Å². The summed E-state index contributed by atoms with van der Waals surface area (Å²) in [6.45, 7) is 8.00. The van der Waals surface area contributed by atoms with Crippen LogP contribution in [-0.2, 0) is 14.6 Å². The van der Waals surface area contributed by atoms with E-state index in [0.29, 0.717) is 5.17 Å². The first-order chi connectivity index (χ1) is 14.6. The molecule has 1 amide bonds. The average molecular weight is 458 g/mol. The number of hydrogen-bond donors (Lipinski definition) is 1. The van der Waals surface area contributed by atoms with Crippen LogP contribution in [0.15, 0.2) is 41.4 Å². The van der Waals surface area contributed by atoms with Gasteiger partial charge < -0.3 is 10.2 Å². The van der Waals surface area contributed by atoms with Gasteiger partial charge in [-0.15, -0.1) is 0 Å². The highest BCUT2D eigenvalue weighted by atomic mass is 32.2. The van der Waals surface area contributed by atoms with E-state index >= 15 is 0 Å². The molecular formula is C23H27N3O3S2. The molecule has 2 aromatic carbocycles. The van der Waals surface area contributed by atoms with Gasteiger partial charge in [-0.05, 0) is 50.5 Å². The lowest BCUT2D eigenvalue weighted by molar-refractivity contribution is -0.113. The number of aryl methyl sites for hydroxylation is 4. The largest absolute Gasteiger partial charge is 0.325 e. The Morgan fingerprint density at radius 3 is 2.48 bits per heavy atom. The molecule has 0 aliphatic carbocycles. The molecule has 0 aromatic heterocycles. The van der Waals surface area contributed by atoms with Crippen LogP contribution < -0.4 is 10.2 Å². The van der Waals surface area contributed by atoms with Crippen LogP contribution in [0.25, 0.3) is 0 Å². The summed E-state index contributed by atoms with van der Waals surface area (Å²) in [5.41, 5.74) is 6.06. The molecule has 164 valence electrons. The number of thioether (sulfide) groups is 1. The van der Waals surface area contributed by atoms with E-state index in [9.17, 15) is 13.2 Å². The standard InChI is InChI=1S/C23H27N3O3S2/c1-14-8-9-19(17(4)10-14)26-20-13-31(28,29)12-18(20)24-23(26)30-11-21(27)25-22-15(2)6-5-7-16(22)3/h5-10,18,20H,11-13H2,1-4H3,(H,25,27)/t18-,20-/m0/s1. The summed E-state index contributed by atoms with van der Waals surface area (Å²) in [7, 11) is -3.11. The van der Waals surface area contributed by atoms with Gasteiger partial charge in [0.1, 0.15) is 0 Å². The third-order valence-corrected chi connectivity index (χ3v) is 8.46. The first-order valence-corrected chi connectivity index (χ1v) is 13.1. The number of sulfone groups is 1. The number of nitrogens with one attached hydrogen (secondary N) is 1. The van der Waals surface area contributed by atoms with Gasteiger partial charge >= 0.3 is 0 Å². The summed E-state index contributed by atoms with van der Waals surface area (Å²) in [5.74, 6) is 0.265. The van der Waals surface area contributed by atoms with Crippen LogP contribution >= 0.6 is 11.8 Å². The van der Waals surface area contributed by atoms with Crippen molar-refractivity contribution in [3.05, 3.63) is 58.7 Å². The van der Waals surface area contributed by atoms with E-state index < -0.39 is 9.84 Å². The Morgan fingerprint density at radius 1 is 1.10 bits per heavy atom. The van der Waals surface area contributed by atoms with Crippen LogP contribution in [0.1, 0.15) is 22.3 Å². The molecule has 1 fully saturated rings. The molecule has 31 heavy (non-hydrogen) atoms. The molecule has 1 N–H and O–H groups in total. The Balaban J connectivity index is 1.55. The highest BCUT2D eigenvalue weighted by molar-refractivity contribution is 8.14. The number of amides is 1. The van der Waals surface area contributed by atoms with Crippen molar-refractivity contribution in [2.45, 2.75) is 39.8 Å². The third kappa shape index (κ3) is 4.50. The number of amidine groups is 1. The number of fused-ring (bicyclic) bond motifs is 1. The summed E-state index contributed by atoms with van der Waals surface area (Å²) >= 11 is 1.36. The second-order valence-electron chi connectivity index (χ2n) is 8.39. The summed E-state index contributed by atoms with van der Waals surface area (Å²) in [6, 6.07) is 11.5. The maximum atomic E-state index is 12.7. The van der Waals surface area contributed by atoms with Gasteiger partial charge in [0.2, 0.25) is 5.91 Å². The zero-order valence-corrected chi connectivity index (χ0v) is 19.8. The number of carbonyl (C=O) groups is 1. The highest BCUT2D eigenvalue weighted by Crippen LogP contribution is 2.36. The SMILES string of the molecule is Cc1ccc(N2C(SCC(=O)Nc3c(C)cccc3C)=N[C@H]3CS(=O)(=O)C[C@@H]32)c(C)c1. The summed E-state index contributed by atoms with van der Waals surface area (Å²) in [4.78, 5) is 19.4. The Morgan fingerprint density at radius 2 is 1.81 bits per heavy atom. The van der Waals surface area contributed by atoms with Crippen LogP contribution in [0.3, 0.4) is 0 Å². The molecule has 0 saturated carbocycles. The molecule has 2 atom stereocenters. The summed E-state index contributed by atoms with van der Waals surface area (Å²) < 4.78 is 24.5. The van der Waals surface area contributed by atoms with Gasteiger partial charge in [0, 0.05) is 11.4 Å². The molecule has 0 unspecified atom stereocenters. The molecule has 8 heteroatoms. The summed E-state index contributed by atoms with van der Waals surface area (Å²) in [6.07, 6.45) is 0. The van der Waals surface area contributed by atoms with E-state index in [4.69, 9.17) is 4.99 Å². The first-order valence-electron chi connectivity index (χ1n) is 10.3. The fraction of sp³-hybridized carbons (Fsp3) is 0.391. The number of benzene rings is 2. The quantitative estimate of drug-likeness (QED) is 0.758. The van der Waals surface area contributed by atoms with E-state index in [1.807, 2.05) is 62.9 Å². The number of rotatable bonds is 4. The number of nitrogens with zero attached hydrogens (tertiary/aromatic N) is 2. The van der Waals surface area contributed by atoms with Gasteiger partial charge in [0.15, 0.2) is 15.0 Å². The van der Waals surface area contributed by atoms with E-state index in [-0.39, 0.29) is 35.2 Å². The minimum absolute atomic E-state index is 0.0672. The fourth-order valence-corrected chi connectivity index (χ4v) is 7.07. The van der Waals surface area contributed by atoms with E-state index in [1.54, 1.807) is 0 Å². The van der Waals surface area contributed by atoms with Gasteiger partial charge in [-0.25, -0.2) is 8.42 Å². The minimum Gasteiger partial charge on any atom is -0.325 e. The van der Waals surface area contributed by atoms with Crippen molar-refractivity contribution >= 4 is 44.0 Å². The van der Waals surface area contributed by atoms with Gasteiger partial charge in [-0.2, -0.15) is 0 Å². The Hall–Kier alpha value is -2.32. The van der Waals surface area contributed by atoms with Crippen LogP contribution in [-0.4, -0.2) is 48.8 Å². The van der Waals surface area contributed by atoms with Crippen molar-refractivity contribution in [3.8, 4) is 0 Å². The molecule has 2 aliphatic rings. The molecule has 0 bridgehead atoms. The number of hydrogen-bond acceptors (Lipinski definition) is 6. The smallest absolute Gasteiger partial charge is 0.234 e.